The number of aromatic amines is 1. The Labute approximate surface area is 131 Å². The van der Waals surface area contributed by atoms with Crippen LogP contribution in [0.1, 0.15) is 66.6 Å². The van der Waals surface area contributed by atoms with Crippen LogP contribution in [0.15, 0.2) is 18.2 Å². The third-order valence-corrected chi connectivity index (χ3v) is 5.30. The Morgan fingerprint density at radius 2 is 1.86 bits per heavy atom. The van der Waals surface area contributed by atoms with Crippen LogP contribution in [-0.4, -0.2) is 16.9 Å². The molecule has 3 nitrogen and oxygen atoms in total. The summed E-state index contributed by atoms with van der Waals surface area (Å²) in [5, 5.41) is 4.48. The number of carbonyl (C=O) groups is 1. The maximum atomic E-state index is 12.5. The van der Waals surface area contributed by atoms with E-state index in [1.165, 1.54) is 54.3 Å². The van der Waals surface area contributed by atoms with Crippen molar-refractivity contribution in [3.05, 3.63) is 35.0 Å². The summed E-state index contributed by atoms with van der Waals surface area (Å²) in [5.41, 5.74) is 4.81. The molecule has 3 heteroatoms. The largest absolute Gasteiger partial charge is 0.358 e. The maximum absolute atomic E-state index is 12.5. The van der Waals surface area contributed by atoms with Crippen LogP contribution in [0.25, 0.3) is 10.9 Å². The fourth-order valence-corrected chi connectivity index (χ4v) is 4.06. The molecule has 0 aliphatic heterocycles. The number of fused-ring (bicyclic) bond motifs is 3. The van der Waals surface area contributed by atoms with E-state index in [-0.39, 0.29) is 5.91 Å². The van der Waals surface area contributed by atoms with Gasteiger partial charge in [-0.15, -0.1) is 0 Å². The number of nitrogens with one attached hydrogen (secondary N) is 2. The van der Waals surface area contributed by atoms with Crippen molar-refractivity contribution in [2.45, 2.75) is 63.8 Å². The summed E-state index contributed by atoms with van der Waals surface area (Å²) in [6.07, 6.45) is 10.9. The molecule has 1 fully saturated rings. The highest BCUT2D eigenvalue weighted by atomic mass is 16.1. The molecule has 2 aromatic rings. The molecule has 2 aliphatic carbocycles. The maximum Gasteiger partial charge on any atom is 0.251 e. The Balaban J connectivity index is 1.59. The summed E-state index contributed by atoms with van der Waals surface area (Å²) in [4.78, 5) is 16.1. The summed E-state index contributed by atoms with van der Waals surface area (Å²) in [6.45, 7) is 0. The van der Waals surface area contributed by atoms with Gasteiger partial charge in [0.15, 0.2) is 0 Å². The smallest absolute Gasteiger partial charge is 0.251 e. The number of hydrogen-bond donors (Lipinski definition) is 2. The second-order valence-corrected chi connectivity index (χ2v) is 6.86. The Bertz CT molecular complexity index is 695. The van der Waals surface area contributed by atoms with Crippen molar-refractivity contribution in [2.75, 3.05) is 0 Å². The van der Waals surface area contributed by atoms with Crippen LogP contribution < -0.4 is 5.32 Å². The molecule has 0 unspecified atom stereocenters. The van der Waals surface area contributed by atoms with Crippen LogP contribution in [0.5, 0.6) is 0 Å². The topological polar surface area (TPSA) is 44.9 Å². The number of benzene rings is 1. The van der Waals surface area contributed by atoms with Crippen molar-refractivity contribution in [1.82, 2.24) is 10.3 Å². The number of H-pyrrole nitrogens is 1. The molecule has 0 spiro atoms. The summed E-state index contributed by atoms with van der Waals surface area (Å²) >= 11 is 0. The molecular formula is C19H24N2O. The first-order valence-electron chi connectivity index (χ1n) is 8.75. The fraction of sp³-hybridized carbons (Fsp3) is 0.526. The predicted octanol–water partition coefficient (Wildman–Crippen LogP) is 4.11. The second-order valence-electron chi connectivity index (χ2n) is 6.86. The van der Waals surface area contributed by atoms with Crippen molar-refractivity contribution < 1.29 is 4.79 Å². The monoisotopic (exact) mass is 296 g/mol. The lowest BCUT2D eigenvalue weighted by Gasteiger charge is -2.22. The lowest BCUT2D eigenvalue weighted by atomic mass is 9.94. The fourth-order valence-electron chi connectivity index (χ4n) is 4.06. The molecule has 1 aromatic carbocycles. The van der Waals surface area contributed by atoms with E-state index in [1.54, 1.807) is 0 Å². The standard InChI is InChI=1S/C19H24N2O/c22-19(20-14-6-2-1-3-7-14)13-10-11-18-16(12-13)15-8-4-5-9-17(15)21-18/h10-12,14,21H,1-9H2,(H,20,22). The highest BCUT2D eigenvalue weighted by Gasteiger charge is 2.19. The average Bonchev–Trinajstić information content (AvgIpc) is 2.93. The summed E-state index contributed by atoms with van der Waals surface area (Å²) in [5.74, 6) is 0.0968. The van der Waals surface area contributed by atoms with Crippen molar-refractivity contribution in [3.8, 4) is 0 Å². The number of hydrogen-bond acceptors (Lipinski definition) is 1. The van der Waals surface area contributed by atoms with E-state index in [0.717, 1.165) is 31.2 Å². The predicted molar refractivity (Wildman–Crippen MR) is 89.3 cm³/mol. The highest BCUT2D eigenvalue weighted by molar-refractivity contribution is 5.99. The molecule has 116 valence electrons. The lowest BCUT2D eigenvalue weighted by molar-refractivity contribution is 0.0928. The number of rotatable bonds is 2. The molecule has 4 rings (SSSR count). The Hall–Kier alpha value is -1.77. The number of carbonyl (C=O) groups excluding carboxylic acids is 1. The first kappa shape index (κ1) is 13.9. The van der Waals surface area contributed by atoms with E-state index in [4.69, 9.17) is 0 Å². The van der Waals surface area contributed by atoms with Crippen LogP contribution in [0, 0.1) is 0 Å². The molecule has 0 radical (unpaired) electrons. The Morgan fingerprint density at radius 3 is 2.73 bits per heavy atom. The summed E-state index contributed by atoms with van der Waals surface area (Å²) < 4.78 is 0. The van der Waals surface area contributed by atoms with Crippen LogP contribution >= 0.6 is 0 Å². The van der Waals surface area contributed by atoms with Crippen LogP contribution in [-0.2, 0) is 12.8 Å². The van der Waals surface area contributed by atoms with Gasteiger partial charge in [0, 0.05) is 28.2 Å². The molecule has 0 saturated heterocycles. The van der Waals surface area contributed by atoms with Gasteiger partial charge in [0.05, 0.1) is 0 Å². The zero-order valence-electron chi connectivity index (χ0n) is 13.1. The van der Waals surface area contributed by atoms with Gasteiger partial charge in [-0.05, 0) is 62.3 Å². The van der Waals surface area contributed by atoms with E-state index in [2.05, 4.69) is 22.4 Å². The van der Waals surface area contributed by atoms with Gasteiger partial charge in [-0.1, -0.05) is 19.3 Å². The van der Waals surface area contributed by atoms with Gasteiger partial charge in [-0.3, -0.25) is 4.79 Å². The Morgan fingerprint density at radius 1 is 1.05 bits per heavy atom. The molecule has 2 aliphatic rings. The minimum absolute atomic E-state index is 0.0968. The van der Waals surface area contributed by atoms with Gasteiger partial charge in [-0.2, -0.15) is 0 Å². The van der Waals surface area contributed by atoms with Crippen LogP contribution in [0.2, 0.25) is 0 Å². The number of amides is 1. The first-order valence-corrected chi connectivity index (χ1v) is 8.75. The molecular weight excluding hydrogens is 272 g/mol. The normalized spacial score (nSPS) is 19.1. The summed E-state index contributed by atoms with van der Waals surface area (Å²) in [6, 6.07) is 6.50. The molecule has 1 heterocycles. The molecule has 1 aromatic heterocycles. The van der Waals surface area contributed by atoms with E-state index in [9.17, 15) is 4.79 Å². The quantitative estimate of drug-likeness (QED) is 0.860. The van der Waals surface area contributed by atoms with E-state index in [0.29, 0.717) is 6.04 Å². The van der Waals surface area contributed by atoms with Crippen LogP contribution in [0.3, 0.4) is 0 Å². The number of aromatic nitrogens is 1. The zero-order chi connectivity index (χ0) is 14.9. The van der Waals surface area contributed by atoms with Gasteiger partial charge >= 0.3 is 0 Å². The minimum atomic E-state index is 0.0968. The van der Waals surface area contributed by atoms with Gasteiger partial charge in [0.25, 0.3) is 5.91 Å². The molecule has 0 bridgehead atoms. The third-order valence-electron chi connectivity index (χ3n) is 5.30. The molecule has 2 N–H and O–H groups in total. The second kappa shape index (κ2) is 5.79. The van der Waals surface area contributed by atoms with Gasteiger partial charge in [-0.25, -0.2) is 0 Å². The first-order chi connectivity index (χ1) is 10.8. The van der Waals surface area contributed by atoms with Gasteiger partial charge in [0.1, 0.15) is 0 Å². The zero-order valence-corrected chi connectivity index (χ0v) is 13.1. The highest BCUT2D eigenvalue weighted by Crippen LogP contribution is 2.29. The summed E-state index contributed by atoms with van der Waals surface area (Å²) in [7, 11) is 0. The van der Waals surface area contributed by atoms with Gasteiger partial charge in [0.2, 0.25) is 0 Å². The minimum Gasteiger partial charge on any atom is -0.358 e. The van der Waals surface area contributed by atoms with E-state index < -0.39 is 0 Å². The SMILES string of the molecule is O=C(NC1CCCCC1)c1ccc2[nH]c3c(c2c1)CCCC3. The van der Waals surface area contributed by atoms with Crippen molar-refractivity contribution in [2.24, 2.45) is 0 Å². The van der Waals surface area contributed by atoms with E-state index >= 15 is 0 Å². The van der Waals surface area contributed by atoms with Crippen molar-refractivity contribution in [1.29, 1.82) is 0 Å². The molecule has 1 saturated carbocycles. The van der Waals surface area contributed by atoms with E-state index in [1.807, 2.05) is 6.07 Å². The lowest BCUT2D eigenvalue weighted by Crippen LogP contribution is -2.36. The van der Waals surface area contributed by atoms with Crippen molar-refractivity contribution in [3.63, 3.8) is 0 Å². The van der Waals surface area contributed by atoms with Gasteiger partial charge < -0.3 is 10.3 Å². The average molecular weight is 296 g/mol. The Kier molecular flexibility index (Phi) is 3.65. The molecule has 0 atom stereocenters. The molecule has 22 heavy (non-hydrogen) atoms. The molecule has 1 amide bonds. The van der Waals surface area contributed by atoms with Crippen molar-refractivity contribution >= 4 is 16.8 Å². The third kappa shape index (κ3) is 2.53. The number of aryl methyl sites for hydroxylation is 2. The van der Waals surface area contributed by atoms with Crippen LogP contribution in [0.4, 0.5) is 0 Å².